The molecule has 20 heavy (non-hydrogen) atoms. The van der Waals surface area contributed by atoms with Crippen molar-refractivity contribution in [2.45, 2.75) is 45.7 Å². The van der Waals surface area contributed by atoms with E-state index in [4.69, 9.17) is 0 Å². The standard InChI is InChI=1S/C15H22BrN3O/c1-4-5-19-15(20)14(16)13(9-17-19)18-12-7-10(2)6-11(3)8-12/h4,9-12,18H,1,5-8H2,2-3H3. The summed E-state index contributed by atoms with van der Waals surface area (Å²) in [5.41, 5.74) is 0.674. The number of rotatable bonds is 4. The Labute approximate surface area is 128 Å². The molecule has 2 atom stereocenters. The average molecular weight is 340 g/mol. The number of nitrogens with zero attached hydrogens (tertiary/aromatic N) is 2. The monoisotopic (exact) mass is 339 g/mol. The smallest absolute Gasteiger partial charge is 0.283 e. The van der Waals surface area contributed by atoms with E-state index >= 15 is 0 Å². The second-order valence-corrected chi connectivity index (χ2v) is 6.70. The maximum atomic E-state index is 12.1. The highest BCUT2D eigenvalue weighted by Crippen LogP contribution is 2.31. The number of anilines is 1. The van der Waals surface area contributed by atoms with E-state index in [0.717, 1.165) is 30.4 Å². The van der Waals surface area contributed by atoms with E-state index in [9.17, 15) is 4.79 Å². The molecule has 1 fully saturated rings. The SMILES string of the molecule is C=CCn1ncc(NC2CC(C)CC(C)C2)c(Br)c1=O. The second-order valence-electron chi connectivity index (χ2n) is 5.91. The Bertz CT molecular complexity index is 530. The minimum Gasteiger partial charge on any atom is -0.380 e. The van der Waals surface area contributed by atoms with Gasteiger partial charge in [-0.2, -0.15) is 5.10 Å². The fourth-order valence-corrected chi connectivity index (χ4v) is 3.52. The molecule has 0 bridgehead atoms. The summed E-state index contributed by atoms with van der Waals surface area (Å²) in [5, 5.41) is 7.64. The molecule has 5 heteroatoms. The lowest BCUT2D eigenvalue weighted by atomic mass is 9.80. The average Bonchev–Trinajstić information content (AvgIpc) is 2.37. The van der Waals surface area contributed by atoms with Crippen LogP contribution in [0.4, 0.5) is 5.69 Å². The summed E-state index contributed by atoms with van der Waals surface area (Å²) in [7, 11) is 0. The van der Waals surface area contributed by atoms with Crippen LogP contribution in [-0.4, -0.2) is 15.8 Å². The van der Waals surface area contributed by atoms with Crippen LogP contribution in [0, 0.1) is 11.8 Å². The van der Waals surface area contributed by atoms with Gasteiger partial charge in [-0.15, -0.1) is 6.58 Å². The number of hydrogen-bond donors (Lipinski definition) is 1. The molecule has 110 valence electrons. The maximum absolute atomic E-state index is 12.1. The first-order valence-electron chi connectivity index (χ1n) is 7.14. The number of allylic oxidation sites excluding steroid dienone is 1. The summed E-state index contributed by atoms with van der Waals surface area (Å²) in [4.78, 5) is 12.1. The van der Waals surface area contributed by atoms with Crippen molar-refractivity contribution in [1.29, 1.82) is 0 Å². The molecule has 0 radical (unpaired) electrons. The molecule has 2 unspecified atom stereocenters. The van der Waals surface area contributed by atoms with Crippen molar-refractivity contribution in [3.63, 3.8) is 0 Å². The van der Waals surface area contributed by atoms with E-state index in [2.05, 4.69) is 46.8 Å². The molecule has 0 aromatic carbocycles. The van der Waals surface area contributed by atoms with E-state index in [1.54, 1.807) is 12.3 Å². The maximum Gasteiger partial charge on any atom is 0.283 e. The van der Waals surface area contributed by atoms with Crippen LogP contribution in [0.3, 0.4) is 0 Å². The third kappa shape index (κ3) is 3.51. The Balaban J connectivity index is 2.15. The van der Waals surface area contributed by atoms with Crippen molar-refractivity contribution in [1.82, 2.24) is 9.78 Å². The Kier molecular flexibility index (Phi) is 5.02. The second kappa shape index (κ2) is 6.57. The van der Waals surface area contributed by atoms with Gasteiger partial charge >= 0.3 is 0 Å². The summed E-state index contributed by atoms with van der Waals surface area (Å²) in [6.45, 7) is 8.64. The van der Waals surface area contributed by atoms with Crippen molar-refractivity contribution in [3.8, 4) is 0 Å². The van der Waals surface area contributed by atoms with Crippen LogP contribution in [-0.2, 0) is 6.54 Å². The van der Waals surface area contributed by atoms with Gasteiger partial charge in [0.1, 0.15) is 4.47 Å². The number of halogens is 1. The predicted octanol–water partition coefficient (Wildman–Crippen LogP) is 3.43. The van der Waals surface area contributed by atoms with Gasteiger partial charge in [0.05, 0.1) is 18.4 Å². The molecule has 1 heterocycles. The van der Waals surface area contributed by atoms with Crippen LogP contribution in [0.5, 0.6) is 0 Å². The quantitative estimate of drug-likeness (QED) is 0.855. The van der Waals surface area contributed by atoms with Crippen LogP contribution in [0.1, 0.15) is 33.1 Å². The van der Waals surface area contributed by atoms with Crippen molar-refractivity contribution < 1.29 is 0 Å². The van der Waals surface area contributed by atoms with Gasteiger partial charge in [0.2, 0.25) is 0 Å². The molecular formula is C15H22BrN3O. The largest absolute Gasteiger partial charge is 0.380 e. The molecule has 0 saturated heterocycles. The van der Waals surface area contributed by atoms with Gasteiger partial charge in [-0.3, -0.25) is 4.79 Å². The van der Waals surface area contributed by atoms with E-state index in [1.165, 1.54) is 11.1 Å². The molecule has 0 aliphatic heterocycles. The predicted molar refractivity (Wildman–Crippen MR) is 86.0 cm³/mol. The molecule has 2 rings (SSSR count). The molecule has 1 aromatic heterocycles. The minimum atomic E-state index is -0.119. The third-order valence-electron chi connectivity index (χ3n) is 3.83. The molecule has 1 N–H and O–H groups in total. The molecular weight excluding hydrogens is 318 g/mol. The first-order valence-corrected chi connectivity index (χ1v) is 7.93. The van der Waals surface area contributed by atoms with Crippen molar-refractivity contribution in [2.75, 3.05) is 5.32 Å². The highest BCUT2D eigenvalue weighted by molar-refractivity contribution is 9.10. The number of aromatic nitrogens is 2. The lowest BCUT2D eigenvalue weighted by Gasteiger charge is -2.32. The Hall–Kier alpha value is -1.10. The first kappa shape index (κ1) is 15.3. The molecule has 1 aliphatic carbocycles. The van der Waals surface area contributed by atoms with Crippen LogP contribution in [0.25, 0.3) is 0 Å². The lowest BCUT2D eigenvalue weighted by Crippen LogP contribution is -2.32. The van der Waals surface area contributed by atoms with Gasteiger partial charge in [0, 0.05) is 6.04 Å². The van der Waals surface area contributed by atoms with Crippen LogP contribution >= 0.6 is 15.9 Å². The van der Waals surface area contributed by atoms with Crippen molar-refractivity contribution in [3.05, 3.63) is 33.7 Å². The molecule has 1 aliphatic rings. The van der Waals surface area contributed by atoms with Gasteiger partial charge in [-0.1, -0.05) is 19.9 Å². The summed E-state index contributed by atoms with van der Waals surface area (Å²) in [6, 6.07) is 0.418. The minimum absolute atomic E-state index is 0.119. The van der Waals surface area contributed by atoms with Gasteiger partial charge in [-0.25, -0.2) is 4.68 Å². The van der Waals surface area contributed by atoms with Crippen LogP contribution in [0.15, 0.2) is 28.1 Å². The van der Waals surface area contributed by atoms with Crippen LogP contribution in [0.2, 0.25) is 0 Å². The zero-order valence-electron chi connectivity index (χ0n) is 12.1. The zero-order valence-corrected chi connectivity index (χ0v) is 13.7. The summed E-state index contributed by atoms with van der Waals surface area (Å²) >= 11 is 3.39. The molecule has 0 spiro atoms. The van der Waals surface area contributed by atoms with Gasteiger partial charge in [0.15, 0.2) is 0 Å². The molecule has 4 nitrogen and oxygen atoms in total. The fourth-order valence-electron chi connectivity index (χ4n) is 3.10. The Morgan fingerprint density at radius 1 is 1.45 bits per heavy atom. The Morgan fingerprint density at radius 3 is 2.70 bits per heavy atom. The van der Waals surface area contributed by atoms with E-state index in [0.29, 0.717) is 17.1 Å². The fraction of sp³-hybridized carbons (Fsp3) is 0.600. The van der Waals surface area contributed by atoms with E-state index in [-0.39, 0.29) is 5.56 Å². The van der Waals surface area contributed by atoms with Crippen molar-refractivity contribution >= 4 is 21.6 Å². The summed E-state index contributed by atoms with van der Waals surface area (Å²) in [6.07, 6.45) is 6.97. The summed E-state index contributed by atoms with van der Waals surface area (Å²) in [5.74, 6) is 1.45. The van der Waals surface area contributed by atoms with E-state index in [1.807, 2.05) is 0 Å². The molecule has 1 aromatic rings. The molecule has 0 amide bonds. The highest BCUT2D eigenvalue weighted by atomic mass is 79.9. The van der Waals surface area contributed by atoms with Gasteiger partial charge < -0.3 is 5.32 Å². The van der Waals surface area contributed by atoms with Crippen molar-refractivity contribution in [2.24, 2.45) is 11.8 Å². The number of hydrogen-bond acceptors (Lipinski definition) is 3. The highest BCUT2D eigenvalue weighted by Gasteiger charge is 2.24. The lowest BCUT2D eigenvalue weighted by molar-refractivity contribution is 0.280. The third-order valence-corrected chi connectivity index (χ3v) is 4.59. The van der Waals surface area contributed by atoms with Crippen LogP contribution < -0.4 is 10.9 Å². The van der Waals surface area contributed by atoms with Gasteiger partial charge in [0.25, 0.3) is 5.56 Å². The zero-order chi connectivity index (χ0) is 14.7. The molecule has 1 saturated carbocycles. The summed E-state index contributed by atoms with van der Waals surface area (Å²) < 4.78 is 1.95. The first-order chi connectivity index (χ1) is 9.51. The van der Waals surface area contributed by atoms with E-state index < -0.39 is 0 Å². The van der Waals surface area contributed by atoms with Gasteiger partial charge in [-0.05, 0) is 47.0 Å². The number of nitrogens with one attached hydrogen (secondary N) is 1. The Morgan fingerprint density at radius 2 is 2.10 bits per heavy atom. The topological polar surface area (TPSA) is 46.9 Å². The normalized spacial score (nSPS) is 26.2.